The van der Waals surface area contributed by atoms with E-state index in [4.69, 9.17) is 10.2 Å². The third-order valence-electron chi connectivity index (χ3n) is 3.23. The molecule has 0 aliphatic heterocycles. The molecule has 0 bridgehead atoms. The van der Waals surface area contributed by atoms with Gasteiger partial charge in [-0.3, -0.25) is 9.67 Å². The summed E-state index contributed by atoms with van der Waals surface area (Å²) in [6, 6.07) is 5.53. The van der Waals surface area contributed by atoms with Crippen LogP contribution < -0.4 is 11.5 Å². The number of aryl methyl sites for hydroxylation is 1. The summed E-state index contributed by atoms with van der Waals surface area (Å²) in [4.78, 5) is 11.5. The molecule has 6 nitrogen and oxygen atoms in total. The predicted octanol–water partition coefficient (Wildman–Crippen LogP) is 1.79. The van der Waals surface area contributed by atoms with Crippen LogP contribution >= 0.6 is 15.9 Å². The van der Waals surface area contributed by atoms with Crippen LogP contribution in [-0.4, -0.2) is 21.3 Å². The number of hydrogen-bond acceptors (Lipinski definition) is 4. The number of nitrogens with zero attached hydrogens (tertiary/aromatic N) is 2. The van der Waals surface area contributed by atoms with Gasteiger partial charge < -0.3 is 10.2 Å². The van der Waals surface area contributed by atoms with Crippen molar-refractivity contribution in [3.63, 3.8) is 0 Å². The lowest BCUT2D eigenvalue weighted by Gasteiger charge is -1.99. The molecule has 20 heavy (non-hydrogen) atoms. The summed E-state index contributed by atoms with van der Waals surface area (Å²) in [5.74, 6) is -0.373. The van der Waals surface area contributed by atoms with Gasteiger partial charge in [0.05, 0.1) is 15.7 Å². The minimum atomic E-state index is -0.373. The molecule has 0 radical (unpaired) electrons. The van der Waals surface area contributed by atoms with E-state index in [0.717, 1.165) is 33.4 Å². The highest BCUT2D eigenvalue weighted by Crippen LogP contribution is 2.30. The molecule has 0 amide bonds. The zero-order valence-electron chi connectivity index (χ0n) is 10.8. The molecule has 0 aliphatic carbocycles. The minimum absolute atomic E-state index is 0.373. The van der Waals surface area contributed by atoms with Crippen LogP contribution in [0.1, 0.15) is 5.69 Å². The van der Waals surface area contributed by atoms with E-state index < -0.39 is 0 Å². The maximum Gasteiger partial charge on any atom is 0.419 e. The number of nitrogens with two attached hydrogens (primary N) is 1. The molecule has 104 valence electrons. The van der Waals surface area contributed by atoms with Crippen molar-refractivity contribution in [3.8, 4) is 11.3 Å². The topological polar surface area (TPSA) is 89.8 Å². The van der Waals surface area contributed by atoms with Crippen LogP contribution in [-0.2, 0) is 13.5 Å². The van der Waals surface area contributed by atoms with Crippen LogP contribution in [0, 0.1) is 0 Å². The van der Waals surface area contributed by atoms with E-state index >= 15 is 0 Å². The third-order valence-corrected chi connectivity index (χ3v) is 4.09. The van der Waals surface area contributed by atoms with E-state index in [-0.39, 0.29) is 5.76 Å². The Morgan fingerprint density at radius 2 is 2.30 bits per heavy atom. The van der Waals surface area contributed by atoms with Crippen LogP contribution in [0.5, 0.6) is 0 Å². The summed E-state index contributed by atoms with van der Waals surface area (Å²) < 4.78 is 7.49. The fraction of sp³-hybridized carbons (Fsp3) is 0.231. The number of benzene rings is 1. The fourth-order valence-corrected chi connectivity index (χ4v) is 2.74. The molecule has 0 unspecified atom stereocenters. The highest BCUT2D eigenvalue weighted by atomic mass is 79.9. The molecule has 0 fully saturated rings. The second kappa shape index (κ2) is 4.92. The molecule has 3 aromatic rings. The Hall–Kier alpha value is -1.86. The third kappa shape index (κ3) is 1.99. The van der Waals surface area contributed by atoms with Gasteiger partial charge >= 0.3 is 5.76 Å². The van der Waals surface area contributed by atoms with Gasteiger partial charge in [-0.1, -0.05) is 0 Å². The van der Waals surface area contributed by atoms with Gasteiger partial charge in [-0.2, -0.15) is 5.10 Å². The van der Waals surface area contributed by atoms with Crippen molar-refractivity contribution in [1.82, 2.24) is 14.8 Å². The van der Waals surface area contributed by atoms with Crippen molar-refractivity contribution in [1.29, 1.82) is 0 Å². The largest absolute Gasteiger partial charge is 0.419 e. The molecule has 0 saturated carbocycles. The molecule has 3 rings (SSSR count). The molecule has 2 heterocycles. The summed E-state index contributed by atoms with van der Waals surface area (Å²) in [7, 11) is 1.68. The Kier molecular flexibility index (Phi) is 3.23. The van der Waals surface area contributed by atoms with E-state index in [0.29, 0.717) is 12.1 Å². The van der Waals surface area contributed by atoms with Crippen molar-refractivity contribution < 1.29 is 4.42 Å². The Bertz CT molecular complexity index is 831. The zero-order chi connectivity index (χ0) is 14.3. The lowest BCUT2D eigenvalue weighted by atomic mass is 10.1. The van der Waals surface area contributed by atoms with E-state index in [1.807, 2.05) is 12.1 Å². The molecule has 7 heteroatoms. The SMILES string of the molecule is Cn1c(=O)oc2ccc(-c3n[nH]c(CCN)c3Br)cc21. The highest BCUT2D eigenvalue weighted by Gasteiger charge is 2.14. The Labute approximate surface area is 122 Å². The first kappa shape index (κ1) is 13.1. The fourth-order valence-electron chi connectivity index (χ4n) is 2.14. The normalized spacial score (nSPS) is 11.3. The van der Waals surface area contributed by atoms with Gasteiger partial charge in [0.2, 0.25) is 0 Å². The lowest BCUT2D eigenvalue weighted by molar-refractivity contribution is 0.528. The first-order valence-electron chi connectivity index (χ1n) is 6.14. The maximum absolute atomic E-state index is 11.5. The Balaban J connectivity index is 2.14. The maximum atomic E-state index is 11.5. The molecule has 0 aliphatic rings. The van der Waals surface area contributed by atoms with Gasteiger partial charge in [-0.05, 0) is 40.7 Å². The lowest BCUT2D eigenvalue weighted by Crippen LogP contribution is -2.08. The van der Waals surface area contributed by atoms with Gasteiger partial charge in [-0.15, -0.1) is 0 Å². The van der Waals surface area contributed by atoms with Crippen LogP contribution in [0.15, 0.2) is 31.9 Å². The number of oxazole rings is 1. The monoisotopic (exact) mass is 336 g/mol. The molecular formula is C13H13BrN4O2. The molecular weight excluding hydrogens is 324 g/mol. The minimum Gasteiger partial charge on any atom is -0.408 e. The molecule has 3 N–H and O–H groups in total. The van der Waals surface area contributed by atoms with E-state index in [1.54, 1.807) is 13.1 Å². The second-order valence-electron chi connectivity index (χ2n) is 4.51. The standard InChI is InChI=1S/C13H13BrN4O2/c1-18-9-6-7(2-3-10(9)20-13(18)19)12-11(14)8(4-5-15)16-17-12/h2-3,6H,4-5,15H2,1H3,(H,16,17). The molecule has 0 spiro atoms. The molecule has 1 aromatic carbocycles. The van der Waals surface area contributed by atoms with E-state index in [2.05, 4.69) is 26.1 Å². The number of halogens is 1. The van der Waals surface area contributed by atoms with Crippen molar-refractivity contribution in [2.75, 3.05) is 6.54 Å². The van der Waals surface area contributed by atoms with Crippen LogP contribution in [0.25, 0.3) is 22.4 Å². The summed E-state index contributed by atoms with van der Waals surface area (Å²) in [5.41, 5.74) is 9.52. The van der Waals surface area contributed by atoms with Crippen molar-refractivity contribution >= 4 is 27.0 Å². The van der Waals surface area contributed by atoms with Crippen LogP contribution in [0.2, 0.25) is 0 Å². The van der Waals surface area contributed by atoms with Crippen LogP contribution in [0.3, 0.4) is 0 Å². The number of nitrogens with one attached hydrogen (secondary N) is 1. The first-order chi connectivity index (χ1) is 9.61. The molecule has 2 aromatic heterocycles. The van der Waals surface area contributed by atoms with Gasteiger partial charge in [0, 0.05) is 19.0 Å². The number of hydrogen-bond donors (Lipinski definition) is 2. The predicted molar refractivity (Wildman–Crippen MR) is 79.5 cm³/mol. The van der Waals surface area contributed by atoms with Crippen molar-refractivity contribution in [2.24, 2.45) is 12.8 Å². The van der Waals surface area contributed by atoms with Gasteiger partial charge in [0.25, 0.3) is 0 Å². The first-order valence-corrected chi connectivity index (χ1v) is 6.94. The molecule has 0 atom stereocenters. The Morgan fingerprint density at radius 1 is 1.50 bits per heavy atom. The van der Waals surface area contributed by atoms with Gasteiger partial charge in [0.1, 0.15) is 5.69 Å². The van der Waals surface area contributed by atoms with Gasteiger partial charge in [-0.25, -0.2) is 4.79 Å². The van der Waals surface area contributed by atoms with Crippen LogP contribution in [0.4, 0.5) is 0 Å². The van der Waals surface area contributed by atoms with Crippen molar-refractivity contribution in [2.45, 2.75) is 6.42 Å². The number of rotatable bonds is 3. The summed E-state index contributed by atoms with van der Waals surface area (Å²) in [6.07, 6.45) is 0.722. The molecule has 0 saturated heterocycles. The quantitative estimate of drug-likeness (QED) is 0.762. The zero-order valence-corrected chi connectivity index (χ0v) is 12.4. The smallest absolute Gasteiger partial charge is 0.408 e. The number of aromatic nitrogens is 3. The second-order valence-corrected chi connectivity index (χ2v) is 5.31. The highest BCUT2D eigenvalue weighted by molar-refractivity contribution is 9.10. The summed E-state index contributed by atoms with van der Waals surface area (Å²) in [5, 5.41) is 7.27. The average molecular weight is 337 g/mol. The Morgan fingerprint density at radius 3 is 3.05 bits per heavy atom. The number of aromatic amines is 1. The van der Waals surface area contributed by atoms with Crippen molar-refractivity contribution in [3.05, 3.63) is 38.9 Å². The summed E-state index contributed by atoms with van der Waals surface area (Å²) in [6.45, 7) is 0.551. The van der Waals surface area contributed by atoms with E-state index in [1.165, 1.54) is 4.57 Å². The average Bonchev–Trinajstić information content (AvgIpc) is 2.93. The summed E-state index contributed by atoms with van der Waals surface area (Å²) >= 11 is 3.54. The van der Waals surface area contributed by atoms with Gasteiger partial charge in [0.15, 0.2) is 5.58 Å². The van der Waals surface area contributed by atoms with E-state index in [9.17, 15) is 4.79 Å². The number of H-pyrrole nitrogens is 1. The number of fused-ring (bicyclic) bond motifs is 1.